The van der Waals surface area contributed by atoms with E-state index < -0.39 is 0 Å². The van der Waals surface area contributed by atoms with Crippen LogP contribution >= 0.6 is 0 Å². The van der Waals surface area contributed by atoms with Gasteiger partial charge >= 0.3 is 0 Å². The first-order valence-electron chi connectivity index (χ1n) is 6.43. The number of aryl methyl sites for hydroxylation is 1. The molecule has 0 saturated heterocycles. The highest BCUT2D eigenvalue weighted by molar-refractivity contribution is 5.43. The van der Waals surface area contributed by atoms with Crippen LogP contribution in [-0.2, 0) is 12.8 Å². The van der Waals surface area contributed by atoms with Crippen LogP contribution in [-0.4, -0.2) is 23.8 Å². The van der Waals surface area contributed by atoms with Gasteiger partial charge in [-0.3, -0.25) is 0 Å². The fraction of sp³-hybridized carbons (Fsp3) is 0.429. The molecule has 1 aromatic heterocycles. The van der Waals surface area contributed by atoms with Gasteiger partial charge in [-0.15, -0.1) is 10.2 Å². The van der Waals surface area contributed by atoms with Crippen LogP contribution in [0.25, 0.3) is 0 Å². The highest BCUT2D eigenvalue weighted by atomic mass is 16.4. The van der Waals surface area contributed by atoms with Gasteiger partial charge in [-0.1, -0.05) is 24.3 Å². The van der Waals surface area contributed by atoms with E-state index in [0.29, 0.717) is 5.92 Å². The summed E-state index contributed by atoms with van der Waals surface area (Å²) in [4.78, 5) is 0. The molecule has 1 N–H and O–H groups in total. The first kappa shape index (κ1) is 11.4. The summed E-state index contributed by atoms with van der Waals surface area (Å²) < 4.78 is 5.74. The largest absolute Gasteiger partial charge is 0.425 e. The maximum absolute atomic E-state index is 5.74. The summed E-state index contributed by atoms with van der Waals surface area (Å²) in [6.07, 6.45) is 2.90. The number of fused-ring (bicyclic) bond motifs is 1. The zero-order valence-electron chi connectivity index (χ0n) is 10.5. The Kier molecular flexibility index (Phi) is 3.11. The van der Waals surface area contributed by atoms with Gasteiger partial charge in [0, 0.05) is 6.42 Å². The summed E-state index contributed by atoms with van der Waals surface area (Å²) in [6.45, 7) is 0.976. The molecular formula is C14H17N3O. The van der Waals surface area contributed by atoms with Gasteiger partial charge < -0.3 is 9.73 Å². The maximum Gasteiger partial charge on any atom is 0.224 e. The minimum atomic E-state index is 0.312. The van der Waals surface area contributed by atoms with Crippen molar-refractivity contribution in [2.24, 2.45) is 0 Å². The molecule has 1 atom stereocenters. The summed E-state index contributed by atoms with van der Waals surface area (Å²) in [5, 5.41) is 11.4. The number of nitrogens with one attached hydrogen (secondary N) is 1. The molecule has 0 fully saturated rings. The van der Waals surface area contributed by atoms with Crippen LogP contribution < -0.4 is 5.32 Å². The molecule has 0 saturated carbocycles. The second-order valence-electron chi connectivity index (χ2n) is 4.70. The summed E-state index contributed by atoms with van der Waals surface area (Å²) in [7, 11) is 1.95. The molecule has 1 aromatic carbocycles. The minimum absolute atomic E-state index is 0.312. The fourth-order valence-electron chi connectivity index (χ4n) is 2.40. The van der Waals surface area contributed by atoms with Crippen molar-refractivity contribution < 1.29 is 4.42 Å². The number of benzene rings is 1. The molecule has 1 aliphatic rings. The van der Waals surface area contributed by atoms with E-state index in [1.807, 2.05) is 7.05 Å². The van der Waals surface area contributed by atoms with Crippen molar-refractivity contribution in [1.29, 1.82) is 0 Å². The van der Waals surface area contributed by atoms with Crippen LogP contribution in [0.1, 0.15) is 35.2 Å². The average molecular weight is 243 g/mol. The molecule has 94 valence electrons. The van der Waals surface area contributed by atoms with Crippen LogP contribution in [0.2, 0.25) is 0 Å². The highest BCUT2D eigenvalue weighted by Gasteiger charge is 2.31. The first-order valence-corrected chi connectivity index (χ1v) is 6.43. The smallest absolute Gasteiger partial charge is 0.224 e. The summed E-state index contributed by atoms with van der Waals surface area (Å²) in [5.74, 6) is 1.84. The fourth-order valence-corrected chi connectivity index (χ4v) is 2.40. The van der Waals surface area contributed by atoms with Gasteiger partial charge in [0.05, 0.1) is 5.92 Å². The molecule has 0 spiro atoms. The Morgan fingerprint density at radius 2 is 2.22 bits per heavy atom. The molecule has 2 aromatic rings. The lowest BCUT2D eigenvalue weighted by atomic mass is 9.77. The summed E-state index contributed by atoms with van der Waals surface area (Å²) in [6, 6.07) is 8.45. The number of nitrogens with zero attached hydrogens (tertiary/aromatic N) is 2. The lowest BCUT2D eigenvalue weighted by Crippen LogP contribution is -2.18. The van der Waals surface area contributed by atoms with Crippen LogP contribution in [0, 0.1) is 0 Å². The Hall–Kier alpha value is -1.68. The molecule has 4 heteroatoms. The van der Waals surface area contributed by atoms with Gasteiger partial charge in [0.1, 0.15) is 0 Å². The van der Waals surface area contributed by atoms with Crippen molar-refractivity contribution in [3.8, 4) is 0 Å². The lowest BCUT2D eigenvalue weighted by Gasteiger charge is -2.26. The minimum Gasteiger partial charge on any atom is -0.425 e. The Bertz CT molecular complexity index is 535. The van der Waals surface area contributed by atoms with Crippen LogP contribution in [0.4, 0.5) is 0 Å². The lowest BCUT2D eigenvalue weighted by molar-refractivity contribution is 0.414. The monoisotopic (exact) mass is 243 g/mol. The molecule has 3 rings (SSSR count). The van der Waals surface area contributed by atoms with Gasteiger partial charge in [-0.05, 0) is 37.6 Å². The molecule has 0 aliphatic heterocycles. The molecule has 1 heterocycles. The van der Waals surface area contributed by atoms with E-state index in [1.165, 1.54) is 11.1 Å². The number of hydrogen-bond acceptors (Lipinski definition) is 4. The van der Waals surface area contributed by atoms with Crippen LogP contribution in [0.15, 0.2) is 28.7 Å². The highest BCUT2D eigenvalue weighted by Crippen LogP contribution is 2.39. The third-order valence-corrected chi connectivity index (χ3v) is 3.45. The SMILES string of the molecule is CNCCCc1nnc(C2Cc3ccccc32)o1. The standard InChI is InChI=1S/C14H17N3O/c1-15-8-4-7-13-16-17-14(18-13)12-9-10-5-2-3-6-11(10)12/h2-3,5-6,12,15H,4,7-9H2,1H3. The summed E-state index contributed by atoms with van der Waals surface area (Å²) >= 11 is 0. The quantitative estimate of drug-likeness (QED) is 0.815. The molecule has 1 unspecified atom stereocenters. The van der Waals surface area contributed by atoms with E-state index in [-0.39, 0.29) is 0 Å². The van der Waals surface area contributed by atoms with Crippen molar-refractivity contribution in [1.82, 2.24) is 15.5 Å². The number of rotatable bonds is 5. The topological polar surface area (TPSA) is 51.0 Å². The van der Waals surface area contributed by atoms with Crippen molar-refractivity contribution in [3.63, 3.8) is 0 Å². The molecule has 0 radical (unpaired) electrons. The van der Waals surface area contributed by atoms with Crippen molar-refractivity contribution >= 4 is 0 Å². The van der Waals surface area contributed by atoms with Gasteiger partial charge in [0.15, 0.2) is 0 Å². The summed E-state index contributed by atoms with van der Waals surface area (Å²) in [5.41, 5.74) is 2.74. The Labute approximate surface area is 106 Å². The van der Waals surface area contributed by atoms with Gasteiger partial charge in [-0.2, -0.15) is 0 Å². The predicted octanol–water partition coefficient (Wildman–Crippen LogP) is 1.91. The van der Waals surface area contributed by atoms with E-state index in [0.717, 1.165) is 37.6 Å². The second-order valence-corrected chi connectivity index (χ2v) is 4.70. The van der Waals surface area contributed by atoms with Crippen LogP contribution in [0.3, 0.4) is 0 Å². The van der Waals surface area contributed by atoms with E-state index >= 15 is 0 Å². The van der Waals surface area contributed by atoms with Gasteiger partial charge in [-0.25, -0.2) is 0 Å². The van der Waals surface area contributed by atoms with Crippen molar-refractivity contribution in [2.45, 2.75) is 25.2 Å². The number of aromatic nitrogens is 2. The molecule has 0 amide bonds. The molecule has 18 heavy (non-hydrogen) atoms. The molecule has 4 nitrogen and oxygen atoms in total. The molecule has 1 aliphatic carbocycles. The van der Waals surface area contributed by atoms with E-state index in [9.17, 15) is 0 Å². The Balaban J connectivity index is 1.68. The van der Waals surface area contributed by atoms with Crippen molar-refractivity contribution in [3.05, 3.63) is 47.2 Å². The zero-order valence-corrected chi connectivity index (χ0v) is 10.5. The van der Waals surface area contributed by atoms with Crippen molar-refractivity contribution in [2.75, 3.05) is 13.6 Å². The normalized spacial score (nSPS) is 17.3. The second kappa shape index (κ2) is 4.90. The Morgan fingerprint density at radius 1 is 1.33 bits per heavy atom. The van der Waals surface area contributed by atoms with Crippen LogP contribution in [0.5, 0.6) is 0 Å². The average Bonchev–Trinajstić information content (AvgIpc) is 2.80. The molecular weight excluding hydrogens is 226 g/mol. The van der Waals surface area contributed by atoms with Gasteiger partial charge in [0.25, 0.3) is 0 Å². The first-order chi connectivity index (χ1) is 8.88. The Morgan fingerprint density at radius 3 is 3.06 bits per heavy atom. The maximum atomic E-state index is 5.74. The van der Waals surface area contributed by atoms with E-state index in [4.69, 9.17) is 4.42 Å². The van der Waals surface area contributed by atoms with E-state index in [1.54, 1.807) is 0 Å². The van der Waals surface area contributed by atoms with Gasteiger partial charge in [0.2, 0.25) is 11.8 Å². The predicted molar refractivity (Wildman–Crippen MR) is 68.5 cm³/mol. The number of hydrogen-bond donors (Lipinski definition) is 1. The zero-order chi connectivity index (χ0) is 12.4. The van der Waals surface area contributed by atoms with E-state index in [2.05, 4.69) is 39.8 Å². The third-order valence-electron chi connectivity index (χ3n) is 3.45. The third kappa shape index (κ3) is 2.04. The molecule has 0 bridgehead atoms.